The summed E-state index contributed by atoms with van der Waals surface area (Å²) >= 11 is 3.10. The first-order valence-corrected chi connectivity index (χ1v) is 7.75. The molecule has 9 heteroatoms. The van der Waals surface area contributed by atoms with E-state index in [4.69, 9.17) is 4.74 Å². The summed E-state index contributed by atoms with van der Waals surface area (Å²) in [5.41, 5.74) is -0.115. The van der Waals surface area contributed by atoms with Crippen LogP contribution in [0.3, 0.4) is 0 Å². The summed E-state index contributed by atoms with van der Waals surface area (Å²) in [6.45, 7) is 0.877. The van der Waals surface area contributed by atoms with E-state index in [0.29, 0.717) is 10.0 Å². The Balaban J connectivity index is 2.06. The number of carbonyl (C=O) groups is 2. The molecule has 0 spiro atoms. The highest BCUT2D eigenvalue weighted by atomic mass is 79.9. The van der Waals surface area contributed by atoms with Crippen LogP contribution in [0.5, 0.6) is 0 Å². The van der Waals surface area contributed by atoms with Gasteiger partial charge in [-0.05, 0) is 30.7 Å². The first-order valence-electron chi connectivity index (χ1n) is 6.95. The molecule has 2 aromatic rings. The Morgan fingerprint density at radius 1 is 1.32 bits per heavy atom. The van der Waals surface area contributed by atoms with E-state index in [9.17, 15) is 24.1 Å². The molecule has 0 fully saturated rings. The fraction of sp³-hybridized carbons (Fsp3) is 0.125. The zero-order valence-corrected chi connectivity index (χ0v) is 14.5. The van der Waals surface area contributed by atoms with Crippen LogP contribution in [-0.4, -0.2) is 23.4 Å². The molecule has 130 valence electrons. The third kappa shape index (κ3) is 4.60. The highest BCUT2D eigenvalue weighted by molar-refractivity contribution is 9.10. The average Bonchev–Trinajstić information content (AvgIpc) is 2.56. The topological polar surface area (TPSA) is 98.5 Å². The predicted molar refractivity (Wildman–Crippen MR) is 90.8 cm³/mol. The number of nitrogens with zero attached hydrogens (tertiary/aromatic N) is 1. The van der Waals surface area contributed by atoms with Crippen LogP contribution in [0.4, 0.5) is 15.8 Å². The number of nitro groups is 1. The van der Waals surface area contributed by atoms with Crippen LogP contribution in [0, 0.1) is 22.9 Å². The van der Waals surface area contributed by atoms with E-state index in [0.717, 1.165) is 6.07 Å². The minimum absolute atomic E-state index is 0.0159. The minimum atomic E-state index is -1.02. The van der Waals surface area contributed by atoms with Crippen molar-refractivity contribution in [1.29, 1.82) is 0 Å². The van der Waals surface area contributed by atoms with Crippen molar-refractivity contribution in [1.82, 2.24) is 0 Å². The van der Waals surface area contributed by atoms with Gasteiger partial charge in [-0.25, -0.2) is 9.18 Å². The first-order chi connectivity index (χ1) is 11.8. The average molecular weight is 411 g/mol. The second-order valence-electron chi connectivity index (χ2n) is 4.97. The van der Waals surface area contributed by atoms with Gasteiger partial charge in [-0.3, -0.25) is 14.9 Å². The molecular formula is C16H12BrFN2O5. The Hall–Kier alpha value is -2.81. The molecule has 0 aliphatic carbocycles. The molecule has 7 nitrogen and oxygen atoms in total. The fourth-order valence-corrected chi connectivity index (χ4v) is 2.37. The van der Waals surface area contributed by atoms with Crippen molar-refractivity contribution < 1.29 is 23.6 Å². The van der Waals surface area contributed by atoms with E-state index in [2.05, 4.69) is 21.2 Å². The Labute approximate surface area is 150 Å². The number of nitro benzene ring substituents is 1. The van der Waals surface area contributed by atoms with Crippen LogP contribution in [-0.2, 0) is 9.53 Å². The van der Waals surface area contributed by atoms with E-state index < -0.39 is 29.2 Å². The Bertz CT molecular complexity index is 856. The van der Waals surface area contributed by atoms with Crippen LogP contribution in [0.1, 0.15) is 15.9 Å². The molecule has 0 bridgehead atoms. The number of anilines is 1. The largest absolute Gasteiger partial charge is 0.452 e. The van der Waals surface area contributed by atoms with E-state index in [-0.39, 0.29) is 16.9 Å². The molecule has 2 aromatic carbocycles. The lowest BCUT2D eigenvalue weighted by Crippen LogP contribution is -2.22. The number of halogens is 2. The molecule has 0 heterocycles. The van der Waals surface area contributed by atoms with Crippen LogP contribution >= 0.6 is 15.9 Å². The van der Waals surface area contributed by atoms with Crippen molar-refractivity contribution in [2.45, 2.75) is 6.92 Å². The van der Waals surface area contributed by atoms with Gasteiger partial charge in [-0.1, -0.05) is 28.1 Å². The number of ether oxygens (including phenoxy) is 1. The van der Waals surface area contributed by atoms with Gasteiger partial charge in [0.2, 0.25) is 0 Å². The van der Waals surface area contributed by atoms with Crippen LogP contribution in [0.2, 0.25) is 0 Å². The maximum absolute atomic E-state index is 13.6. The van der Waals surface area contributed by atoms with Gasteiger partial charge >= 0.3 is 5.97 Å². The minimum Gasteiger partial charge on any atom is -0.452 e. The van der Waals surface area contributed by atoms with Gasteiger partial charge < -0.3 is 10.1 Å². The lowest BCUT2D eigenvalue weighted by atomic mass is 10.1. The Kier molecular flexibility index (Phi) is 5.81. The second-order valence-corrected chi connectivity index (χ2v) is 5.89. The lowest BCUT2D eigenvalue weighted by molar-refractivity contribution is -0.384. The molecule has 0 aromatic heterocycles. The summed E-state index contributed by atoms with van der Waals surface area (Å²) in [7, 11) is 0. The number of nitrogens with one attached hydrogen (secondary N) is 1. The number of hydrogen-bond donors (Lipinski definition) is 1. The van der Waals surface area contributed by atoms with Gasteiger partial charge in [-0.15, -0.1) is 0 Å². The molecule has 1 N–H and O–H groups in total. The number of aryl methyl sites for hydroxylation is 1. The van der Waals surface area contributed by atoms with E-state index >= 15 is 0 Å². The number of benzene rings is 2. The zero-order valence-electron chi connectivity index (χ0n) is 12.9. The van der Waals surface area contributed by atoms with Gasteiger partial charge in [0.1, 0.15) is 11.5 Å². The molecule has 0 atom stereocenters. The SMILES string of the molecule is Cc1cccc([N+](=O)[O-])c1NC(=O)COC(=O)c1cc(Br)ccc1F. The number of rotatable bonds is 5. The van der Waals surface area contributed by atoms with Crippen LogP contribution in [0.25, 0.3) is 0 Å². The number of para-hydroxylation sites is 1. The zero-order chi connectivity index (χ0) is 18.6. The molecule has 0 radical (unpaired) electrons. The molecule has 2 rings (SSSR count). The number of esters is 1. The smallest absolute Gasteiger partial charge is 0.341 e. The monoisotopic (exact) mass is 410 g/mol. The molecule has 1 amide bonds. The van der Waals surface area contributed by atoms with Crippen LogP contribution < -0.4 is 5.32 Å². The highest BCUT2D eigenvalue weighted by Gasteiger charge is 2.19. The lowest BCUT2D eigenvalue weighted by Gasteiger charge is -2.09. The third-order valence-electron chi connectivity index (χ3n) is 3.19. The van der Waals surface area contributed by atoms with Gasteiger partial charge in [0.15, 0.2) is 6.61 Å². The fourth-order valence-electron chi connectivity index (χ4n) is 2.01. The van der Waals surface area contributed by atoms with Gasteiger partial charge in [-0.2, -0.15) is 0 Å². The van der Waals surface area contributed by atoms with Crippen molar-refractivity contribution in [3.8, 4) is 0 Å². The maximum atomic E-state index is 13.6. The quantitative estimate of drug-likeness (QED) is 0.461. The van der Waals surface area contributed by atoms with E-state index in [1.165, 1.54) is 24.3 Å². The van der Waals surface area contributed by atoms with Gasteiger partial charge in [0.05, 0.1) is 10.5 Å². The highest BCUT2D eigenvalue weighted by Crippen LogP contribution is 2.27. The van der Waals surface area contributed by atoms with E-state index in [1.54, 1.807) is 13.0 Å². The van der Waals surface area contributed by atoms with Crippen LogP contribution in [0.15, 0.2) is 40.9 Å². The van der Waals surface area contributed by atoms with Crippen molar-refractivity contribution in [3.05, 3.63) is 67.9 Å². The standard InChI is InChI=1S/C16H12BrFN2O5/c1-9-3-2-4-13(20(23)24)15(9)19-14(21)8-25-16(22)11-7-10(17)5-6-12(11)18/h2-7H,8H2,1H3,(H,19,21). The Morgan fingerprint density at radius 2 is 2.04 bits per heavy atom. The molecule has 0 unspecified atom stereocenters. The molecule has 0 saturated heterocycles. The molecule has 0 aliphatic rings. The number of carbonyl (C=O) groups excluding carboxylic acids is 2. The van der Waals surface area contributed by atoms with Crippen molar-refractivity contribution in [2.75, 3.05) is 11.9 Å². The number of hydrogen-bond acceptors (Lipinski definition) is 5. The Morgan fingerprint density at radius 3 is 2.72 bits per heavy atom. The van der Waals surface area contributed by atoms with Crippen molar-refractivity contribution in [3.63, 3.8) is 0 Å². The normalized spacial score (nSPS) is 10.2. The summed E-state index contributed by atoms with van der Waals surface area (Å²) in [5, 5.41) is 13.3. The summed E-state index contributed by atoms with van der Waals surface area (Å²) in [6.07, 6.45) is 0. The van der Waals surface area contributed by atoms with Gasteiger partial charge in [0, 0.05) is 10.5 Å². The number of amides is 1. The third-order valence-corrected chi connectivity index (χ3v) is 3.69. The first kappa shape index (κ1) is 18.5. The summed E-state index contributed by atoms with van der Waals surface area (Å²) in [4.78, 5) is 34.1. The second kappa shape index (κ2) is 7.84. The van der Waals surface area contributed by atoms with E-state index in [1.807, 2.05) is 0 Å². The summed E-state index contributed by atoms with van der Waals surface area (Å²) < 4.78 is 18.8. The molecule has 25 heavy (non-hydrogen) atoms. The molecule has 0 aliphatic heterocycles. The van der Waals surface area contributed by atoms with Crippen molar-refractivity contribution in [2.24, 2.45) is 0 Å². The maximum Gasteiger partial charge on any atom is 0.341 e. The predicted octanol–water partition coefficient (Wildman–Crippen LogP) is 3.60. The molecule has 0 saturated carbocycles. The molecular weight excluding hydrogens is 399 g/mol. The summed E-state index contributed by atoms with van der Waals surface area (Å²) in [6, 6.07) is 8.03. The van der Waals surface area contributed by atoms with Crippen molar-refractivity contribution >= 4 is 39.2 Å². The van der Waals surface area contributed by atoms with Gasteiger partial charge in [0.25, 0.3) is 11.6 Å². The summed E-state index contributed by atoms with van der Waals surface area (Å²) in [5.74, 6) is -2.59.